The highest BCUT2D eigenvalue weighted by Crippen LogP contribution is 2.19. The molecule has 0 aromatic heterocycles. The van der Waals surface area contributed by atoms with Crippen molar-refractivity contribution in [2.24, 2.45) is 0 Å². The van der Waals surface area contributed by atoms with E-state index in [-0.39, 0.29) is 0 Å². The van der Waals surface area contributed by atoms with Crippen LogP contribution in [0.4, 0.5) is 0 Å². The summed E-state index contributed by atoms with van der Waals surface area (Å²) < 4.78 is 0. The van der Waals surface area contributed by atoms with Gasteiger partial charge in [0.15, 0.2) is 0 Å². The van der Waals surface area contributed by atoms with Crippen molar-refractivity contribution in [1.29, 1.82) is 0 Å². The predicted molar refractivity (Wildman–Crippen MR) is 88.3 cm³/mol. The largest absolute Gasteiger partial charge is 0.217 e. The molecule has 2 aromatic rings. The van der Waals surface area contributed by atoms with E-state index in [1.54, 1.807) is 0 Å². The fraction of sp³-hybridized carbons (Fsp3) is 0.294. The molecule has 2 rings (SSSR count). The summed E-state index contributed by atoms with van der Waals surface area (Å²) in [6.07, 6.45) is 1.12. The molecular weight excluding hydrogens is 268 g/mol. The third-order valence-corrected chi connectivity index (χ3v) is 9.02. The fourth-order valence-electron chi connectivity index (χ4n) is 2.71. The third-order valence-electron chi connectivity index (χ3n) is 3.51. The first-order valence-electron chi connectivity index (χ1n) is 6.89. The molecule has 2 heteroatoms. The van der Waals surface area contributed by atoms with Gasteiger partial charge in [-0.25, -0.2) is 0 Å². The molecular formula is C17H21ClSi. The average Bonchev–Trinajstić information content (AvgIpc) is 2.39. The zero-order valence-electron chi connectivity index (χ0n) is 11.9. The Morgan fingerprint density at radius 2 is 1.47 bits per heavy atom. The van der Waals surface area contributed by atoms with Gasteiger partial charge in [0, 0.05) is 0 Å². The lowest BCUT2D eigenvalue weighted by Gasteiger charge is -2.26. The molecule has 0 saturated heterocycles. The summed E-state index contributed by atoms with van der Waals surface area (Å²) in [7, 11) is -2.09. The summed E-state index contributed by atoms with van der Waals surface area (Å²) in [6, 6.07) is 18.5. The summed E-state index contributed by atoms with van der Waals surface area (Å²) in [5.74, 6) is 0. The van der Waals surface area contributed by atoms with E-state index in [0.717, 1.165) is 12.5 Å². The second-order valence-electron chi connectivity index (χ2n) is 5.29. The summed E-state index contributed by atoms with van der Waals surface area (Å²) >= 11 is 7.17. The number of aryl methyl sites for hydroxylation is 2. The second-order valence-corrected chi connectivity index (χ2v) is 10.5. The van der Waals surface area contributed by atoms with Gasteiger partial charge in [-0.05, 0) is 30.3 Å². The molecule has 0 N–H and O–H groups in total. The zero-order valence-corrected chi connectivity index (χ0v) is 13.7. The van der Waals surface area contributed by atoms with Crippen molar-refractivity contribution in [2.45, 2.75) is 33.2 Å². The first kappa shape index (κ1) is 14.4. The van der Waals surface area contributed by atoms with Crippen LogP contribution in [0.5, 0.6) is 0 Å². The maximum absolute atomic E-state index is 7.17. The van der Waals surface area contributed by atoms with E-state index in [9.17, 15) is 0 Å². The minimum Gasteiger partial charge on any atom is -0.155 e. The van der Waals surface area contributed by atoms with E-state index in [1.165, 1.54) is 21.5 Å². The lowest BCUT2D eigenvalue weighted by atomic mass is 10.2. The first-order valence-corrected chi connectivity index (χ1v) is 10.1. The molecule has 0 aliphatic carbocycles. The highest BCUT2D eigenvalue weighted by atomic mass is 35.6. The Labute approximate surface area is 122 Å². The Morgan fingerprint density at radius 1 is 0.895 bits per heavy atom. The summed E-state index contributed by atoms with van der Waals surface area (Å²) in [5, 5.41) is 2.67. The normalized spacial score (nSPS) is 14.1. The SMILES string of the molecule is CCC[Si](Cl)(c1ccccc1)c1cc(C)cc(C)c1. The number of benzene rings is 2. The Kier molecular flexibility index (Phi) is 4.49. The Balaban J connectivity index is 2.56. The second kappa shape index (κ2) is 5.94. The van der Waals surface area contributed by atoms with Crippen LogP contribution in [-0.4, -0.2) is 7.38 Å². The van der Waals surface area contributed by atoms with Crippen molar-refractivity contribution in [2.75, 3.05) is 0 Å². The van der Waals surface area contributed by atoms with Gasteiger partial charge in [-0.3, -0.25) is 0 Å². The molecule has 0 spiro atoms. The van der Waals surface area contributed by atoms with Gasteiger partial charge in [0.25, 0.3) is 0 Å². The van der Waals surface area contributed by atoms with Crippen LogP contribution in [0, 0.1) is 13.8 Å². The Morgan fingerprint density at radius 3 is 2.00 bits per heavy atom. The zero-order chi connectivity index (χ0) is 13.9. The van der Waals surface area contributed by atoms with Crippen LogP contribution in [0.25, 0.3) is 0 Å². The van der Waals surface area contributed by atoms with Crippen LogP contribution < -0.4 is 10.4 Å². The molecule has 1 atom stereocenters. The maximum Gasteiger partial charge on any atom is 0.217 e. The molecule has 0 radical (unpaired) electrons. The van der Waals surface area contributed by atoms with Crippen molar-refractivity contribution >= 4 is 28.8 Å². The van der Waals surface area contributed by atoms with Gasteiger partial charge in [-0.15, -0.1) is 0 Å². The minimum absolute atomic E-state index is 1.08. The van der Waals surface area contributed by atoms with Crippen LogP contribution >= 0.6 is 11.1 Å². The van der Waals surface area contributed by atoms with Gasteiger partial charge in [0.2, 0.25) is 7.38 Å². The maximum atomic E-state index is 7.17. The minimum atomic E-state index is -2.09. The van der Waals surface area contributed by atoms with Gasteiger partial charge in [0.1, 0.15) is 0 Å². The molecule has 0 fully saturated rings. The Bertz CT molecular complexity index is 530. The van der Waals surface area contributed by atoms with Crippen molar-refractivity contribution in [3.05, 3.63) is 59.7 Å². The standard InChI is InChI=1S/C17H21ClSi/c1-4-10-19(18,16-8-6-5-7-9-16)17-12-14(2)11-15(3)13-17/h5-9,11-13H,4,10H2,1-3H3. The van der Waals surface area contributed by atoms with Crippen molar-refractivity contribution in [1.82, 2.24) is 0 Å². The summed E-state index contributed by atoms with van der Waals surface area (Å²) in [4.78, 5) is 0. The number of halogens is 1. The highest BCUT2D eigenvalue weighted by Gasteiger charge is 2.34. The number of hydrogen-bond acceptors (Lipinski definition) is 0. The lowest BCUT2D eigenvalue weighted by molar-refractivity contribution is 1.07. The monoisotopic (exact) mass is 288 g/mol. The smallest absolute Gasteiger partial charge is 0.155 e. The quantitative estimate of drug-likeness (QED) is 0.589. The van der Waals surface area contributed by atoms with Crippen molar-refractivity contribution in [3.63, 3.8) is 0 Å². The molecule has 0 nitrogen and oxygen atoms in total. The molecule has 0 saturated carbocycles. The number of rotatable bonds is 4. The summed E-state index contributed by atoms with van der Waals surface area (Å²) in [6.45, 7) is 6.52. The number of hydrogen-bond donors (Lipinski definition) is 0. The molecule has 0 aliphatic rings. The van der Waals surface area contributed by atoms with E-state index in [4.69, 9.17) is 11.1 Å². The van der Waals surface area contributed by atoms with E-state index in [1.807, 2.05) is 0 Å². The van der Waals surface area contributed by atoms with Crippen LogP contribution in [0.3, 0.4) is 0 Å². The third kappa shape index (κ3) is 3.10. The van der Waals surface area contributed by atoms with Crippen LogP contribution in [0.2, 0.25) is 6.04 Å². The molecule has 0 amide bonds. The first-order chi connectivity index (χ1) is 9.06. The molecule has 19 heavy (non-hydrogen) atoms. The van der Waals surface area contributed by atoms with E-state index in [2.05, 4.69) is 69.3 Å². The van der Waals surface area contributed by atoms with Gasteiger partial charge < -0.3 is 0 Å². The average molecular weight is 289 g/mol. The van der Waals surface area contributed by atoms with E-state index >= 15 is 0 Å². The van der Waals surface area contributed by atoms with Gasteiger partial charge >= 0.3 is 0 Å². The van der Waals surface area contributed by atoms with Gasteiger partial charge in [-0.1, -0.05) is 73.0 Å². The van der Waals surface area contributed by atoms with Crippen LogP contribution in [0.15, 0.2) is 48.5 Å². The van der Waals surface area contributed by atoms with Crippen molar-refractivity contribution < 1.29 is 0 Å². The molecule has 2 aromatic carbocycles. The highest BCUT2D eigenvalue weighted by molar-refractivity contribution is 7.34. The fourth-order valence-corrected chi connectivity index (χ4v) is 7.21. The van der Waals surface area contributed by atoms with Crippen molar-refractivity contribution in [3.8, 4) is 0 Å². The van der Waals surface area contributed by atoms with Gasteiger partial charge in [-0.2, -0.15) is 11.1 Å². The van der Waals surface area contributed by atoms with Gasteiger partial charge in [0.05, 0.1) is 0 Å². The van der Waals surface area contributed by atoms with Crippen LogP contribution in [-0.2, 0) is 0 Å². The van der Waals surface area contributed by atoms with E-state index in [0.29, 0.717) is 0 Å². The molecule has 0 bridgehead atoms. The van der Waals surface area contributed by atoms with Crippen LogP contribution in [0.1, 0.15) is 24.5 Å². The Hall–Kier alpha value is -1.05. The molecule has 0 heterocycles. The molecule has 0 aliphatic heterocycles. The lowest BCUT2D eigenvalue weighted by Crippen LogP contribution is -2.53. The molecule has 1 unspecified atom stereocenters. The predicted octanol–water partition coefficient (Wildman–Crippen LogP) is 4.01. The topological polar surface area (TPSA) is 0 Å². The van der Waals surface area contributed by atoms with E-state index < -0.39 is 7.38 Å². The molecule has 100 valence electrons. The summed E-state index contributed by atoms with van der Waals surface area (Å²) in [5.41, 5.74) is 2.61.